The third kappa shape index (κ3) is 3.28. The highest BCUT2D eigenvalue weighted by atomic mass is 16.7. The number of aliphatic hydroxyl groups is 5. The summed E-state index contributed by atoms with van der Waals surface area (Å²) in [4.78, 5) is 0. The zero-order chi connectivity index (χ0) is 17.1. The van der Waals surface area contributed by atoms with Crippen LogP contribution in [0.4, 0.5) is 0 Å². The number of ether oxygens (including phenoxy) is 1. The SMILES string of the molecule is CCCCC[C@]1(O)O[C@@](CO)(c2ccccc2)[C@H](O)[C@H](O)[C@H]1O. The van der Waals surface area contributed by atoms with Crippen molar-refractivity contribution in [3.05, 3.63) is 35.9 Å². The first-order valence-electron chi connectivity index (χ1n) is 8.04. The van der Waals surface area contributed by atoms with Crippen LogP contribution in [-0.4, -0.2) is 56.2 Å². The summed E-state index contributed by atoms with van der Waals surface area (Å²) >= 11 is 0. The van der Waals surface area contributed by atoms with Crippen LogP contribution in [0.3, 0.4) is 0 Å². The Hall–Kier alpha value is -1.02. The maximum absolute atomic E-state index is 10.7. The quantitative estimate of drug-likeness (QED) is 0.480. The summed E-state index contributed by atoms with van der Waals surface area (Å²) < 4.78 is 5.68. The lowest BCUT2D eigenvalue weighted by atomic mass is 9.78. The lowest BCUT2D eigenvalue weighted by Gasteiger charge is -2.52. The van der Waals surface area contributed by atoms with Crippen molar-refractivity contribution < 1.29 is 30.3 Å². The van der Waals surface area contributed by atoms with Gasteiger partial charge in [0.1, 0.15) is 23.9 Å². The Morgan fingerprint density at radius 2 is 1.70 bits per heavy atom. The molecule has 1 aliphatic heterocycles. The van der Waals surface area contributed by atoms with E-state index in [1.807, 2.05) is 6.92 Å². The molecule has 0 saturated carbocycles. The third-order valence-electron chi connectivity index (χ3n) is 4.58. The molecule has 1 fully saturated rings. The molecule has 0 unspecified atom stereocenters. The van der Waals surface area contributed by atoms with E-state index in [2.05, 4.69) is 0 Å². The molecule has 5 N–H and O–H groups in total. The van der Waals surface area contributed by atoms with Crippen molar-refractivity contribution in [3.63, 3.8) is 0 Å². The van der Waals surface area contributed by atoms with Crippen LogP contribution in [0.25, 0.3) is 0 Å². The predicted molar refractivity (Wildman–Crippen MR) is 83.4 cm³/mol. The average Bonchev–Trinajstić information content (AvgIpc) is 2.58. The Kier molecular flexibility index (Phi) is 5.78. The Balaban J connectivity index is 2.38. The lowest BCUT2D eigenvalue weighted by Crippen LogP contribution is -2.69. The van der Waals surface area contributed by atoms with Crippen molar-refractivity contribution in [2.75, 3.05) is 6.61 Å². The highest BCUT2D eigenvalue weighted by Crippen LogP contribution is 2.43. The largest absolute Gasteiger partial charge is 0.393 e. The monoisotopic (exact) mass is 326 g/mol. The molecule has 0 amide bonds. The zero-order valence-electron chi connectivity index (χ0n) is 13.3. The molecule has 1 saturated heterocycles. The molecule has 5 atom stereocenters. The molecule has 6 heteroatoms. The average molecular weight is 326 g/mol. The maximum atomic E-state index is 10.7. The molecule has 1 aliphatic rings. The standard InChI is InChI=1S/C17H26O6/c1-2-3-7-10-17(22)15(21)13(19)14(20)16(11-18,23-17)12-8-5-4-6-9-12/h4-6,8-9,13-15,18-22H,2-3,7,10-11H2,1H3/t13-,14+,15+,16-,17-/m0/s1. The zero-order valence-corrected chi connectivity index (χ0v) is 13.3. The van der Waals surface area contributed by atoms with Crippen LogP contribution in [-0.2, 0) is 10.3 Å². The van der Waals surface area contributed by atoms with Gasteiger partial charge in [0.2, 0.25) is 0 Å². The van der Waals surface area contributed by atoms with Crippen LogP contribution in [0.15, 0.2) is 30.3 Å². The first kappa shape index (κ1) is 18.3. The third-order valence-corrected chi connectivity index (χ3v) is 4.58. The molecule has 0 aliphatic carbocycles. The van der Waals surface area contributed by atoms with Gasteiger partial charge >= 0.3 is 0 Å². The second kappa shape index (κ2) is 7.25. The predicted octanol–water partition coefficient (Wildman–Crippen LogP) is 0.256. The summed E-state index contributed by atoms with van der Waals surface area (Å²) in [6.07, 6.45) is -2.43. The van der Waals surface area contributed by atoms with Crippen molar-refractivity contribution >= 4 is 0 Å². The van der Waals surface area contributed by atoms with Crippen molar-refractivity contribution in [1.29, 1.82) is 0 Å². The van der Waals surface area contributed by atoms with Crippen LogP contribution in [0.5, 0.6) is 0 Å². The van der Waals surface area contributed by atoms with Gasteiger partial charge in [-0.05, 0) is 12.0 Å². The molecular weight excluding hydrogens is 300 g/mol. The summed E-state index contributed by atoms with van der Waals surface area (Å²) in [7, 11) is 0. The van der Waals surface area contributed by atoms with E-state index >= 15 is 0 Å². The topological polar surface area (TPSA) is 110 Å². The van der Waals surface area contributed by atoms with Gasteiger partial charge in [-0.25, -0.2) is 0 Å². The Morgan fingerprint density at radius 3 is 2.26 bits per heavy atom. The summed E-state index contributed by atoms with van der Waals surface area (Å²) in [6.45, 7) is 1.36. The highest BCUT2D eigenvalue weighted by molar-refractivity contribution is 5.27. The number of hydrogen-bond acceptors (Lipinski definition) is 6. The van der Waals surface area contributed by atoms with E-state index in [-0.39, 0.29) is 6.42 Å². The highest BCUT2D eigenvalue weighted by Gasteiger charge is 2.60. The smallest absolute Gasteiger partial charge is 0.195 e. The van der Waals surface area contributed by atoms with E-state index in [0.717, 1.165) is 12.8 Å². The molecular formula is C17H26O6. The van der Waals surface area contributed by atoms with Crippen molar-refractivity contribution in [2.24, 2.45) is 0 Å². The van der Waals surface area contributed by atoms with Gasteiger partial charge in [-0.3, -0.25) is 0 Å². The second-order valence-corrected chi connectivity index (χ2v) is 6.20. The molecule has 0 bridgehead atoms. The number of benzene rings is 1. The van der Waals surface area contributed by atoms with E-state index < -0.39 is 36.3 Å². The first-order valence-corrected chi connectivity index (χ1v) is 8.04. The van der Waals surface area contributed by atoms with Crippen molar-refractivity contribution in [2.45, 2.75) is 62.3 Å². The Labute approximate surface area is 136 Å². The minimum atomic E-state index is -2.04. The van der Waals surface area contributed by atoms with Gasteiger partial charge in [0.15, 0.2) is 5.79 Å². The Morgan fingerprint density at radius 1 is 1.04 bits per heavy atom. The summed E-state index contributed by atoms with van der Waals surface area (Å²) in [5.74, 6) is -2.04. The molecule has 0 spiro atoms. The van der Waals surface area contributed by atoms with E-state index in [0.29, 0.717) is 12.0 Å². The van der Waals surface area contributed by atoms with Crippen LogP contribution < -0.4 is 0 Å². The second-order valence-electron chi connectivity index (χ2n) is 6.20. The summed E-state index contributed by atoms with van der Waals surface area (Å²) in [5, 5.41) is 51.4. The number of hydrogen-bond donors (Lipinski definition) is 5. The molecule has 1 heterocycles. The van der Waals surface area contributed by atoms with Crippen LogP contribution in [0, 0.1) is 0 Å². The van der Waals surface area contributed by atoms with E-state index in [1.165, 1.54) is 0 Å². The lowest BCUT2D eigenvalue weighted by molar-refractivity contribution is -0.389. The fourth-order valence-electron chi connectivity index (χ4n) is 3.15. The first-order chi connectivity index (χ1) is 10.9. The maximum Gasteiger partial charge on any atom is 0.195 e. The fourth-order valence-corrected chi connectivity index (χ4v) is 3.15. The summed E-state index contributed by atoms with van der Waals surface area (Å²) in [5.41, 5.74) is -1.27. The van der Waals surface area contributed by atoms with Crippen molar-refractivity contribution in [3.8, 4) is 0 Å². The Bertz CT molecular complexity index is 495. The van der Waals surface area contributed by atoms with Crippen molar-refractivity contribution in [1.82, 2.24) is 0 Å². The molecule has 130 valence electrons. The van der Waals surface area contributed by atoms with Gasteiger partial charge in [0.25, 0.3) is 0 Å². The normalized spacial score (nSPS) is 37.7. The fraction of sp³-hybridized carbons (Fsp3) is 0.647. The molecule has 23 heavy (non-hydrogen) atoms. The van der Waals surface area contributed by atoms with Gasteiger partial charge in [0, 0.05) is 6.42 Å². The minimum Gasteiger partial charge on any atom is -0.393 e. The number of unbranched alkanes of at least 4 members (excludes halogenated alkanes) is 2. The number of rotatable bonds is 6. The van der Waals surface area contributed by atoms with Gasteiger partial charge in [-0.1, -0.05) is 50.1 Å². The van der Waals surface area contributed by atoms with Crippen LogP contribution in [0.1, 0.15) is 38.2 Å². The minimum absolute atomic E-state index is 0.0976. The summed E-state index contributed by atoms with van der Waals surface area (Å²) in [6, 6.07) is 8.45. The van der Waals surface area contributed by atoms with Crippen LogP contribution >= 0.6 is 0 Å². The number of aliphatic hydroxyl groups excluding tert-OH is 4. The molecule has 1 aromatic rings. The van der Waals surface area contributed by atoms with Gasteiger partial charge in [0.05, 0.1) is 6.61 Å². The van der Waals surface area contributed by atoms with E-state index in [1.54, 1.807) is 30.3 Å². The molecule has 0 aromatic heterocycles. The van der Waals surface area contributed by atoms with Gasteiger partial charge in [-0.15, -0.1) is 0 Å². The molecule has 1 aromatic carbocycles. The molecule has 2 rings (SSSR count). The van der Waals surface area contributed by atoms with E-state index in [9.17, 15) is 25.5 Å². The molecule has 6 nitrogen and oxygen atoms in total. The van der Waals surface area contributed by atoms with Crippen LogP contribution in [0.2, 0.25) is 0 Å². The van der Waals surface area contributed by atoms with Gasteiger partial charge < -0.3 is 30.3 Å². The molecule has 0 radical (unpaired) electrons. The van der Waals surface area contributed by atoms with E-state index in [4.69, 9.17) is 4.74 Å². The van der Waals surface area contributed by atoms with Gasteiger partial charge in [-0.2, -0.15) is 0 Å².